The summed E-state index contributed by atoms with van der Waals surface area (Å²) >= 11 is 0. The third kappa shape index (κ3) is 2.52. The van der Waals surface area contributed by atoms with Crippen LogP contribution in [0.4, 0.5) is 0 Å². The highest BCUT2D eigenvalue weighted by Gasteiger charge is 2.52. The average molecular weight is 400 g/mol. The number of phenols is 1. The van der Waals surface area contributed by atoms with Gasteiger partial charge >= 0.3 is 5.97 Å². The highest BCUT2D eigenvalue weighted by molar-refractivity contribution is 5.79. The molecule has 2 aromatic rings. The first kappa shape index (κ1) is 17.9. The number of methoxy groups -OCH3 is 2. The van der Waals surface area contributed by atoms with Crippen LogP contribution in [0.1, 0.15) is 28.7 Å². The van der Waals surface area contributed by atoms with Crippen molar-refractivity contribution in [2.45, 2.75) is 12.0 Å². The first-order chi connectivity index (χ1) is 14.0. The van der Waals surface area contributed by atoms with Crippen molar-refractivity contribution < 1.29 is 38.7 Å². The molecule has 2 N–H and O–H groups in total. The molecule has 0 saturated carbocycles. The SMILES string of the molecule is COc1cc([C@@H]2c3cc4c(cc3[C@@H](O)C3COC(=O)[C@@H]32)OCO4)cc(OC)c1O. The molecule has 8 nitrogen and oxygen atoms in total. The van der Waals surface area contributed by atoms with Crippen LogP contribution in [-0.2, 0) is 9.53 Å². The van der Waals surface area contributed by atoms with Gasteiger partial charge in [0.15, 0.2) is 23.0 Å². The van der Waals surface area contributed by atoms with Crippen molar-refractivity contribution in [3.63, 3.8) is 0 Å². The molecule has 29 heavy (non-hydrogen) atoms. The van der Waals surface area contributed by atoms with Crippen molar-refractivity contribution in [2.24, 2.45) is 11.8 Å². The second-order valence-corrected chi connectivity index (χ2v) is 7.35. The lowest BCUT2D eigenvalue weighted by atomic mass is 9.66. The van der Waals surface area contributed by atoms with Gasteiger partial charge in [0.05, 0.1) is 32.8 Å². The Morgan fingerprint density at radius 2 is 1.59 bits per heavy atom. The number of aliphatic hydroxyl groups excluding tert-OH is 1. The van der Waals surface area contributed by atoms with E-state index in [1.165, 1.54) is 14.2 Å². The summed E-state index contributed by atoms with van der Waals surface area (Å²) in [5.74, 6) is -0.324. The number of esters is 1. The van der Waals surface area contributed by atoms with Gasteiger partial charge in [-0.3, -0.25) is 4.79 Å². The van der Waals surface area contributed by atoms with Crippen molar-refractivity contribution in [3.05, 3.63) is 41.0 Å². The Balaban J connectivity index is 1.75. The van der Waals surface area contributed by atoms with Crippen LogP contribution in [0.3, 0.4) is 0 Å². The van der Waals surface area contributed by atoms with E-state index in [0.717, 1.165) is 5.56 Å². The number of phenolic OH excluding ortho intramolecular Hbond substituents is 1. The molecule has 0 bridgehead atoms. The Labute approximate surface area is 166 Å². The fourth-order valence-electron chi connectivity index (χ4n) is 4.63. The standard InChI is InChI=1S/C21H20O8/c1-25-15-3-9(4-16(26-2)20(15)23)17-10-5-13-14(29-8-28-13)6-11(10)19(22)12-7-27-21(24)18(12)17/h3-6,12,17-19,22-23H,7-8H2,1-2H3/t12?,17-,18+,19-/m1/s1. The summed E-state index contributed by atoms with van der Waals surface area (Å²) in [5.41, 5.74) is 2.12. The zero-order valence-corrected chi connectivity index (χ0v) is 15.9. The van der Waals surface area contributed by atoms with Crippen LogP contribution in [0.5, 0.6) is 28.7 Å². The maximum absolute atomic E-state index is 12.7. The van der Waals surface area contributed by atoms with Gasteiger partial charge in [-0.25, -0.2) is 0 Å². The van der Waals surface area contributed by atoms with Gasteiger partial charge in [0.25, 0.3) is 0 Å². The normalized spacial score (nSPS) is 26.5. The second kappa shape index (κ2) is 6.45. The average Bonchev–Trinajstić information content (AvgIpc) is 3.34. The lowest BCUT2D eigenvalue weighted by Gasteiger charge is -2.37. The van der Waals surface area contributed by atoms with E-state index in [9.17, 15) is 15.0 Å². The van der Waals surface area contributed by atoms with E-state index in [1.54, 1.807) is 24.3 Å². The van der Waals surface area contributed by atoms with Crippen LogP contribution < -0.4 is 18.9 Å². The minimum atomic E-state index is -0.867. The van der Waals surface area contributed by atoms with Crippen LogP contribution in [0.2, 0.25) is 0 Å². The third-order valence-corrected chi connectivity index (χ3v) is 6.01. The van der Waals surface area contributed by atoms with Crippen molar-refractivity contribution >= 4 is 5.97 Å². The Hall–Kier alpha value is -3.13. The van der Waals surface area contributed by atoms with Crippen LogP contribution in [0.25, 0.3) is 0 Å². The monoisotopic (exact) mass is 400 g/mol. The molecule has 4 atom stereocenters. The van der Waals surface area contributed by atoms with E-state index in [1.807, 2.05) is 0 Å². The fourth-order valence-corrected chi connectivity index (χ4v) is 4.63. The summed E-state index contributed by atoms with van der Waals surface area (Å²) in [6.45, 7) is 0.246. The summed E-state index contributed by atoms with van der Waals surface area (Å²) in [4.78, 5) is 12.7. The third-order valence-electron chi connectivity index (χ3n) is 6.01. The van der Waals surface area contributed by atoms with Crippen LogP contribution in [0.15, 0.2) is 24.3 Å². The molecule has 1 unspecified atom stereocenters. The Morgan fingerprint density at radius 1 is 0.966 bits per heavy atom. The molecule has 1 saturated heterocycles. The predicted molar refractivity (Wildman–Crippen MR) is 98.5 cm³/mol. The second-order valence-electron chi connectivity index (χ2n) is 7.35. The van der Waals surface area contributed by atoms with Crippen LogP contribution in [-0.4, -0.2) is 43.8 Å². The predicted octanol–water partition coefficient (Wildman–Crippen LogP) is 2.11. The van der Waals surface area contributed by atoms with Gasteiger partial charge in [0.1, 0.15) is 0 Å². The smallest absolute Gasteiger partial charge is 0.310 e. The zero-order chi connectivity index (χ0) is 20.3. The first-order valence-corrected chi connectivity index (χ1v) is 9.26. The van der Waals surface area contributed by atoms with Gasteiger partial charge in [-0.2, -0.15) is 0 Å². The largest absolute Gasteiger partial charge is 0.502 e. The summed E-state index contributed by atoms with van der Waals surface area (Å²) in [6.07, 6.45) is -0.867. The molecule has 152 valence electrons. The molecule has 3 aliphatic rings. The minimum absolute atomic E-state index is 0.106. The number of fused-ring (bicyclic) bond motifs is 3. The van der Waals surface area contributed by atoms with Crippen LogP contribution >= 0.6 is 0 Å². The van der Waals surface area contributed by atoms with Gasteiger partial charge in [-0.05, 0) is 41.0 Å². The zero-order valence-electron chi connectivity index (χ0n) is 15.9. The number of hydrogen-bond donors (Lipinski definition) is 2. The highest BCUT2D eigenvalue weighted by atomic mass is 16.7. The number of aliphatic hydroxyl groups is 1. The molecule has 1 aliphatic carbocycles. The molecule has 0 amide bonds. The van der Waals surface area contributed by atoms with Crippen molar-refractivity contribution in [1.82, 2.24) is 0 Å². The molecule has 0 spiro atoms. The van der Waals surface area contributed by atoms with Crippen LogP contribution in [0, 0.1) is 11.8 Å². The summed E-state index contributed by atoms with van der Waals surface area (Å²) < 4.78 is 26.9. The van der Waals surface area contributed by atoms with Gasteiger partial charge in [0, 0.05) is 11.8 Å². The molecule has 8 heteroatoms. The number of benzene rings is 2. The van der Waals surface area contributed by atoms with Crippen molar-refractivity contribution in [2.75, 3.05) is 27.6 Å². The highest BCUT2D eigenvalue weighted by Crippen LogP contribution is 2.55. The number of rotatable bonds is 3. The van der Waals surface area contributed by atoms with E-state index in [2.05, 4.69) is 0 Å². The van der Waals surface area contributed by atoms with Gasteiger partial charge in [-0.1, -0.05) is 0 Å². The number of carbonyl (C=O) groups is 1. The topological polar surface area (TPSA) is 104 Å². The van der Waals surface area contributed by atoms with E-state index < -0.39 is 23.9 Å². The fraction of sp³-hybridized carbons (Fsp3) is 0.381. The minimum Gasteiger partial charge on any atom is -0.502 e. The molecule has 0 aromatic heterocycles. The molecule has 5 rings (SSSR count). The van der Waals surface area contributed by atoms with E-state index in [4.69, 9.17) is 23.7 Å². The lowest BCUT2D eigenvalue weighted by Crippen LogP contribution is -2.34. The van der Waals surface area contributed by atoms with E-state index in [-0.39, 0.29) is 36.6 Å². The Morgan fingerprint density at radius 3 is 2.21 bits per heavy atom. The molecule has 1 fully saturated rings. The number of cyclic esters (lactones) is 1. The first-order valence-electron chi connectivity index (χ1n) is 9.26. The molecule has 2 aliphatic heterocycles. The van der Waals surface area contributed by atoms with Gasteiger partial charge < -0.3 is 33.9 Å². The molecular weight excluding hydrogens is 380 g/mol. The summed E-state index contributed by atoms with van der Waals surface area (Å²) in [5, 5.41) is 21.3. The molecule has 2 heterocycles. The van der Waals surface area contributed by atoms with Gasteiger partial charge in [0.2, 0.25) is 12.5 Å². The Bertz CT molecular complexity index is 975. The van der Waals surface area contributed by atoms with Gasteiger partial charge in [-0.15, -0.1) is 0 Å². The number of aromatic hydroxyl groups is 1. The molecular formula is C21H20O8. The number of ether oxygens (including phenoxy) is 5. The summed E-state index contributed by atoms with van der Waals surface area (Å²) in [6, 6.07) is 6.93. The lowest BCUT2D eigenvalue weighted by molar-refractivity contribution is -0.141. The maximum Gasteiger partial charge on any atom is 0.310 e. The quantitative estimate of drug-likeness (QED) is 0.755. The Kier molecular flexibility index (Phi) is 3.99. The van der Waals surface area contributed by atoms with E-state index >= 15 is 0 Å². The van der Waals surface area contributed by atoms with Crippen molar-refractivity contribution in [1.29, 1.82) is 0 Å². The molecule has 2 aromatic carbocycles. The number of hydrogen-bond acceptors (Lipinski definition) is 8. The maximum atomic E-state index is 12.7. The number of carbonyl (C=O) groups excluding carboxylic acids is 1. The van der Waals surface area contributed by atoms with Crippen molar-refractivity contribution in [3.8, 4) is 28.7 Å². The molecule has 0 radical (unpaired) electrons. The summed E-state index contributed by atoms with van der Waals surface area (Å²) in [7, 11) is 2.89. The van der Waals surface area contributed by atoms with E-state index in [0.29, 0.717) is 22.6 Å².